The molecule has 12 heteroatoms. The summed E-state index contributed by atoms with van der Waals surface area (Å²) < 4.78 is 58.6. The molecule has 2 N–H and O–H groups in total. The second-order valence-corrected chi connectivity index (χ2v) is 11.1. The van der Waals surface area contributed by atoms with Crippen LogP contribution in [0.4, 0.5) is 28.0 Å². The van der Waals surface area contributed by atoms with Gasteiger partial charge < -0.3 is 15.4 Å². The molecule has 3 aromatic rings. The molecule has 1 atom stereocenters. The summed E-state index contributed by atoms with van der Waals surface area (Å²) in [5.74, 6) is -1.05. The number of carbonyl (C=O) groups excluding carboxylic acids is 1. The van der Waals surface area contributed by atoms with Crippen LogP contribution in [0.3, 0.4) is 0 Å². The number of aromatic nitrogens is 1. The third-order valence-corrected chi connectivity index (χ3v) is 8.19. The molecule has 0 bridgehead atoms. The van der Waals surface area contributed by atoms with Gasteiger partial charge in [0, 0.05) is 17.8 Å². The summed E-state index contributed by atoms with van der Waals surface area (Å²) in [4.78, 5) is 17.8. The van der Waals surface area contributed by atoms with E-state index in [1.54, 1.807) is 24.3 Å². The van der Waals surface area contributed by atoms with E-state index in [0.717, 1.165) is 5.56 Å². The zero-order chi connectivity index (χ0) is 29.3. The molecule has 1 fully saturated rings. The maximum atomic E-state index is 14.2. The van der Waals surface area contributed by atoms with Crippen LogP contribution in [0, 0.1) is 5.95 Å². The molecule has 5 rings (SSSR count). The third kappa shape index (κ3) is 6.21. The van der Waals surface area contributed by atoms with Gasteiger partial charge >= 0.3 is 12.4 Å². The number of alkyl halides is 3. The number of hydrogen-bond donors (Lipinski definition) is 2. The van der Waals surface area contributed by atoms with Crippen LogP contribution in [0.25, 0.3) is 6.08 Å². The lowest BCUT2D eigenvalue weighted by Crippen LogP contribution is -2.60. The molecule has 0 aliphatic carbocycles. The minimum atomic E-state index is -4.93. The molecule has 6 nitrogen and oxygen atoms in total. The third-order valence-electron chi connectivity index (χ3n) is 7.63. The van der Waals surface area contributed by atoms with Gasteiger partial charge in [-0.15, -0.1) is 13.2 Å². The number of hydrogen-bond acceptors (Lipinski definition) is 4. The average molecular weight is 610 g/mol. The zero-order valence-electron chi connectivity index (χ0n) is 21.8. The Kier molecular flexibility index (Phi) is 8.29. The van der Waals surface area contributed by atoms with Gasteiger partial charge in [0.15, 0.2) is 5.69 Å². The van der Waals surface area contributed by atoms with Crippen molar-refractivity contribution in [2.24, 2.45) is 0 Å². The van der Waals surface area contributed by atoms with Crippen molar-refractivity contribution in [3.63, 3.8) is 0 Å². The first-order valence-corrected chi connectivity index (χ1v) is 13.8. The number of carbonyl (C=O) groups is 1. The van der Waals surface area contributed by atoms with Gasteiger partial charge in [-0.2, -0.15) is 4.39 Å². The van der Waals surface area contributed by atoms with Crippen LogP contribution in [0.5, 0.6) is 5.75 Å². The minimum absolute atomic E-state index is 0.0145. The number of pyridine rings is 1. The van der Waals surface area contributed by atoms with Crippen molar-refractivity contribution >= 4 is 41.0 Å². The van der Waals surface area contributed by atoms with Gasteiger partial charge in [-0.05, 0) is 79.5 Å². The van der Waals surface area contributed by atoms with E-state index in [0.29, 0.717) is 42.1 Å². The Morgan fingerprint density at radius 1 is 1.12 bits per heavy atom. The summed E-state index contributed by atoms with van der Waals surface area (Å²) in [7, 11) is 0. The molecule has 1 aromatic heterocycles. The van der Waals surface area contributed by atoms with Crippen molar-refractivity contribution in [1.29, 1.82) is 0 Å². The van der Waals surface area contributed by atoms with Crippen molar-refractivity contribution in [2.45, 2.75) is 31.2 Å². The largest absolute Gasteiger partial charge is 0.573 e. The molecule has 0 radical (unpaired) electrons. The highest BCUT2D eigenvalue weighted by atomic mass is 35.5. The highest BCUT2D eigenvalue weighted by Crippen LogP contribution is 2.57. The minimum Gasteiger partial charge on any atom is -0.405 e. The highest BCUT2D eigenvalue weighted by Gasteiger charge is 2.60. The average Bonchev–Trinajstić information content (AvgIpc) is 3.21. The molecule has 2 amide bonds. The fourth-order valence-corrected chi connectivity index (χ4v) is 6.36. The molecular formula is C29H27Cl2F4N4O2+. The van der Waals surface area contributed by atoms with Crippen LogP contribution in [-0.2, 0) is 12.0 Å². The van der Waals surface area contributed by atoms with E-state index < -0.39 is 23.8 Å². The SMILES string of the molecule is O=C(NCc1ccnc(F)c1)[N+]1(C/C=C/c2ccc(Cl)cc2)CC2(CCNCC2)c2c(OC(F)(F)F)ccc(Cl)c21. The molecule has 2 aliphatic rings. The first-order valence-electron chi connectivity index (χ1n) is 13.0. The van der Waals surface area contributed by atoms with Gasteiger partial charge in [0.05, 0.1) is 11.0 Å². The van der Waals surface area contributed by atoms with Crippen LogP contribution >= 0.6 is 23.2 Å². The van der Waals surface area contributed by atoms with E-state index >= 15 is 0 Å². The predicted molar refractivity (Wildman–Crippen MR) is 150 cm³/mol. The van der Waals surface area contributed by atoms with Gasteiger partial charge in [-0.25, -0.2) is 14.3 Å². The Bertz CT molecular complexity index is 1460. The molecule has 41 heavy (non-hydrogen) atoms. The van der Waals surface area contributed by atoms with Gasteiger partial charge in [0.1, 0.15) is 23.9 Å². The normalized spacial score (nSPS) is 19.9. The number of nitrogens with zero attached hydrogens (tertiary/aromatic N) is 2. The Balaban J connectivity index is 1.61. The second kappa shape index (κ2) is 11.6. The van der Waals surface area contributed by atoms with Gasteiger partial charge in [-0.3, -0.25) is 0 Å². The number of amides is 2. The van der Waals surface area contributed by atoms with Crippen molar-refractivity contribution in [3.05, 3.63) is 93.5 Å². The number of quaternary nitrogens is 1. The lowest BCUT2D eigenvalue weighted by molar-refractivity contribution is -0.275. The lowest BCUT2D eigenvalue weighted by Gasteiger charge is -2.36. The highest BCUT2D eigenvalue weighted by molar-refractivity contribution is 6.34. The van der Waals surface area contributed by atoms with Crippen LogP contribution in [0.1, 0.15) is 29.5 Å². The van der Waals surface area contributed by atoms with Crippen molar-refractivity contribution in [2.75, 3.05) is 26.2 Å². The first-order chi connectivity index (χ1) is 19.5. The number of benzene rings is 2. The fourth-order valence-electron chi connectivity index (χ4n) is 5.91. The summed E-state index contributed by atoms with van der Waals surface area (Å²) in [6.07, 6.45) is 0.945. The standard InChI is InChI=1S/C29H26Cl2F4N4O2/c30-21-5-3-19(4-6-21)2-1-15-39(27(40)38-17-20-9-12-37-24(32)16-20)18-28(10-13-36-14-11-28)25-23(41-29(33,34)35)8-7-22(31)26(25)39/h1-9,12,16,36H,10-11,13-15,17-18H2/p+1/b2-1+. The van der Waals surface area contributed by atoms with E-state index in [1.165, 1.54) is 24.4 Å². The predicted octanol–water partition coefficient (Wildman–Crippen LogP) is 6.99. The molecule has 2 aromatic carbocycles. The van der Waals surface area contributed by atoms with Crippen LogP contribution in [0.2, 0.25) is 10.0 Å². The molecule has 0 saturated carbocycles. The van der Waals surface area contributed by atoms with Crippen molar-refractivity contribution in [3.8, 4) is 5.75 Å². The summed E-state index contributed by atoms with van der Waals surface area (Å²) in [5.41, 5.74) is 1.08. The quantitative estimate of drug-likeness (QED) is 0.180. The topological polar surface area (TPSA) is 63.2 Å². The number of rotatable bonds is 6. The molecular weight excluding hydrogens is 583 g/mol. The van der Waals surface area contributed by atoms with Gasteiger partial charge in [-0.1, -0.05) is 41.4 Å². The Labute approximate surface area is 244 Å². The summed E-state index contributed by atoms with van der Waals surface area (Å²) in [6, 6.07) is 12.0. The second-order valence-electron chi connectivity index (χ2n) is 10.3. The van der Waals surface area contributed by atoms with E-state index in [9.17, 15) is 22.4 Å². The summed E-state index contributed by atoms with van der Waals surface area (Å²) in [5, 5.41) is 6.86. The Hall–Kier alpha value is -3.18. The smallest absolute Gasteiger partial charge is 0.405 e. The Morgan fingerprint density at radius 3 is 2.54 bits per heavy atom. The van der Waals surface area contributed by atoms with Crippen molar-refractivity contribution in [1.82, 2.24) is 20.1 Å². The van der Waals surface area contributed by atoms with Gasteiger partial charge in [0.2, 0.25) is 5.95 Å². The number of ether oxygens (including phenoxy) is 1. The molecule has 3 heterocycles. The van der Waals surface area contributed by atoms with E-state index in [1.807, 2.05) is 18.2 Å². The molecule has 216 valence electrons. The first kappa shape index (κ1) is 29.3. The fraction of sp³-hybridized carbons (Fsp3) is 0.310. The molecule has 1 unspecified atom stereocenters. The number of halogens is 6. The number of urea groups is 1. The number of nitrogens with one attached hydrogen (secondary N) is 2. The molecule has 1 saturated heterocycles. The molecule has 1 spiro atoms. The zero-order valence-corrected chi connectivity index (χ0v) is 23.3. The van der Waals surface area contributed by atoms with E-state index in [2.05, 4.69) is 20.4 Å². The monoisotopic (exact) mass is 609 g/mol. The maximum Gasteiger partial charge on any atom is 0.573 e. The Morgan fingerprint density at radius 2 is 1.85 bits per heavy atom. The van der Waals surface area contributed by atoms with Crippen molar-refractivity contribution < 1.29 is 27.1 Å². The number of piperidine rings is 1. The van der Waals surface area contributed by atoms with Crippen LogP contribution in [0.15, 0.2) is 60.8 Å². The van der Waals surface area contributed by atoms with E-state index in [-0.39, 0.29) is 40.6 Å². The van der Waals surface area contributed by atoms with Crippen LogP contribution in [-0.4, -0.2) is 43.6 Å². The van der Waals surface area contributed by atoms with E-state index in [4.69, 9.17) is 23.2 Å². The summed E-state index contributed by atoms with van der Waals surface area (Å²) in [6.45, 7) is 1.35. The summed E-state index contributed by atoms with van der Waals surface area (Å²) >= 11 is 12.8. The van der Waals surface area contributed by atoms with Crippen LogP contribution < -0.4 is 19.9 Å². The van der Waals surface area contributed by atoms with Gasteiger partial charge in [0.25, 0.3) is 0 Å². The molecule has 2 aliphatic heterocycles. The lowest BCUT2D eigenvalue weighted by atomic mass is 9.74. The maximum absolute atomic E-state index is 14.2. The number of fused-ring (bicyclic) bond motifs is 2.